The number of halogens is 1. The zero-order valence-electron chi connectivity index (χ0n) is 13.0. The summed E-state index contributed by atoms with van der Waals surface area (Å²) >= 11 is 5.90. The molecule has 0 saturated carbocycles. The van der Waals surface area contributed by atoms with E-state index >= 15 is 0 Å². The Morgan fingerprint density at radius 3 is 2.35 bits per heavy atom. The third-order valence-electron chi connectivity index (χ3n) is 3.29. The minimum atomic E-state index is -0.624. The first-order valence-electron chi connectivity index (χ1n) is 7.29. The molecule has 1 amide bonds. The molecular formula is C18H18ClNO3. The summed E-state index contributed by atoms with van der Waals surface area (Å²) in [5.74, 6) is -0.597. The lowest BCUT2D eigenvalue weighted by Crippen LogP contribution is -2.21. The Morgan fingerprint density at radius 1 is 1.09 bits per heavy atom. The van der Waals surface area contributed by atoms with Gasteiger partial charge in [0, 0.05) is 5.69 Å². The Bertz CT molecular complexity index is 696. The molecule has 0 fully saturated rings. The van der Waals surface area contributed by atoms with Crippen LogP contribution in [-0.2, 0) is 9.53 Å². The molecule has 2 rings (SSSR count). The van der Waals surface area contributed by atoms with Crippen molar-refractivity contribution in [1.82, 2.24) is 0 Å². The lowest BCUT2D eigenvalue weighted by atomic mass is 10.0. The third-order valence-corrected chi connectivity index (χ3v) is 3.62. The van der Waals surface area contributed by atoms with Crippen LogP contribution in [0.2, 0.25) is 5.02 Å². The van der Waals surface area contributed by atoms with E-state index in [4.69, 9.17) is 16.3 Å². The Balaban J connectivity index is 1.88. The second-order valence-electron chi connectivity index (χ2n) is 5.38. The predicted octanol–water partition coefficient (Wildman–Crippen LogP) is 4.26. The molecule has 120 valence electrons. The van der Waals surface area contributed by atoms with E-state index in [9.17, 15) is 9.59 Å². The molecule has 0 aliphatic heterocycles. The van der Waals surface area contributed by atoms with Gasteiger partial charge in [0.25, 0.3) is 5.91 Å². The largest absolute Gasteiger partial charge is 0.452 e. The molecule has 2 aromatic carbocycles. The molecule has 0 saturated heterocycles. The highest BCUT2D eigenvalue weighted by atomic mass is 35.5. The molecule has 4 nitrogen and oxygen atoms in total. The number of hydrogen-bond donors (Lipinski definition) is 1. The van der Waals surface area contributed by atoms with Crippen LogP contribution in [0, 0.1) is 0 Å². The van der Waals surface area contributed by atoms with E-state index in [2.05, 4.69) is 19.2 Å². The van der Waals surface area contributed by atoms with Crippen molar-refractivity contribution < 1.29 is 14.3 Å². The van der Waals surface area contributed by atoms with Crippen molar-refractivity contribution in [3.8, 4) is 0 Å². The molecule has 1 N–H and O–H groups in total. The number of ether oxygens (including phenoxy) is 1. The summed E-state index contributed by atoms with van der Waals surface area (Å²) in [5, 5.41) is 2.97. The van der Waals surface area contributed by atoms with Crippen LogP contribution in [0.1, 0.15) is 35.7 Å². The molecule has 23 heavy (non-hydrogen) atoms. The van der Waals surface area contributed by atoms with E-state index in [-0.39, 0.29) is 12.2 Å². The van der Waals surface area contributed by atoms with Gasteiger partial charge in [0.1, 0.15) is 0 Å². The first kappa shape index (κ1) is 17.0. The topological polar surface area (TPSA) is 55.4 Å². The van der Waals surface area contributed by atoms with Crippen LogP contribution in [0.3, 0.4) is 0 Å². The normalized spacial score (nSPS) is 10.4. The van der Waals surface area contributed by atoms with Crippen LogP contribution in [0.4, 0.5) is 5.69 Å². The first-order chi connectivity index (χ1) is 11.0. The minimum absolute atomic E-state index is 0.239. The number of carbonyl (C=O) groups is 2. The van der Waals surface area contributed by atoms with Crippen LogP contribution < -0.4 is 5.32 Å². The second-order valence-corrected chi connectivity index (χ2v) is 5.79. The van der Waals surface area contributed by atoms with Crippen LogP contribution in [0.25, 0.3) is 0 Å². The van der Waals surface area contributed by atoms with Crippen molar-refractivity contribution in [2.24, 2.45) is 0 Å². The maximum Gasteiger partial charge on any atom is 0.340 e. The number of benzene rings is 2. The summed E-state index contributed by atoms with van der Waals surface area (Å²) in [4.78, 5) is 23.7. The van der Waals surface area contributed by atoms with Gasteiger partial charge < -0.3 is 10.1 Å². The fraction of sp³-hybridized carbons (Fsp3) is 0.222. The number of hydrogen-bond acceptors (Lipinski definition) is 3. The molecule has 0 atom stereocenters. The van der Waals surface area contributed by atoms with Gasteiger partial charge in [0.15, 0.2) is 6.61 Å². The summed E-state index contributed by atoms with van der Waals surface area (Å²) < 4.78 is 4.97. The Morgan fingerprint density at radius 2 is 1.74 bits per heavy atom. The van der Waals surface area contributed by atoms with E-state index in [0.717, 1.165) is 0 Å². The smallest absolute Gasteiger partial charge is 0.340 e. The number of esters is 1. The number of nitrogens with one attached hydrogen (secondary N) is 1. The maximum atomic E-state index is 11.9. The molecule has 0 aliphatic rings. The van der Waals surface area contributed by atoms with Crippen molar-refractivity contribution in [3.63, 3.8) is 0 Å². The highest BCUT2D eigenvalue weighted by molar-refractivity contribution is 6.33. The van der Waals surface area contributed by atoms with Gasteiger partial charge in [0.2, 0.25) is 0 Å². The zero-order valence-corrected chi connectivity index (χ0v) is 13.8. The summed E-state index contributed by atoms with van der Waals surface area (Å²) in [7, 11) is 0. The summed E-state index contributed by atoms with van der Waals surface area (Å²) in [6, 6.07) is 14.1. The number of rotatable bonds is 5. The van der Waals surface area contributed by atoms with Crippen molar-refractivity contribution in [2.45, 2.75) is 19.8 Å². The van der Waals surface area contributed by atoms with Gasteiger partial charge in [-0.05, 0) is 35.7 Å². The molecule has 0 spiro atoms. The number of anilines is 1. The fourth-order valence-corrected chi connectivity index (χ4v) is 2.20. The van der Waals surface area contributed by atoms with E-state index < -0.39 is 11.9 Å². The Kier molecular flexibility index (Phi) is 5.77. The Hall–Kier alpha value is -2.33. The molecule has 5 heteroatoms. The van der Waals surface area contributed by atoms with Gasteiger partial charge in [-0.3, -0.25) is 4.79 Å². The molecule has 0 aliphatic carbocycles. The molecule has 2 aromatic rings. The van der Waals surface area contributed by atoms with Crippen molar-refractivity contribution in [1.29, 1.82) is 0 Å². The molecule has 0 bridgehead atoms. The lowest BCUT2D eigenvalue weighted by molar-refractivity contribution is -0.119. The monoisotopic (exact) mass is 331 g/mol. The summed E-state index contributed by atoms with van der Waals surface area (Å²) in [6.45, 7) is 3.83. The van der Waals surface area contributed by atoms with E-state index in [0.29, 0.717) is 16.6 Å². The van der Waals surface area contributed by atoms with Gasteiger partial charge in [-0.2, -0.15) is 0 Å². The van der Waals surface area contributed by atoms with Gasteiger partial charge in [-0.15, -0.1) is 0 Å². The van der Waals surface area contributed by atoms with Crippen LogP contribution in [0.15, 0.2) is 48.5 Å². The average molecular weight is 332 g/mol. The SMILES string of the molecule is CC(C)c1ccc(NC(=O)COC(=O)c2ccccc2Cl)cc1. The molecule has 0 aromatic heterocycles. The van der Waals surface area contributed by atoms with Gasteiger partial charge in [-0.25, -0.2) is 4.79 Å². The standard InChI is InChI=1S/C18H18ClNO3/c1-12(2)13-7-9-14(10-8-13)20-17(21)11-23-18(22)15-5-3-4-6-16(15)19/h3-10,12H,11H2,1-2H3,(H,20,21). The predicted molar refractivity (Wildman–Crippen MR) is 90.9 cm³/mol. The lowest BCUT2D eigenvalue weighted by Gasteiger charge is -2.09. The van der Waals surface area contributed by atoms with E-state index in [1.807, 2.05) is 24.3 Å². The second kappa shape index (κ2) is 7.79. The summed E-state index contributed by atoms with van der Waals surface area (Å²) in [6.07, 6.45) is 0. The van der Waals surface area contributed by atoms with Crippen molar-refractivity contribution in [2.75, 3.05) is 11.9 Å². The maximum absolute atomic E-state index is 11.9. The Labute approximate surface area is 140 Å². The molecule has 0 heterocycles. The van der Waals surface area contributed by atoms with Crippen LogP contribution >= 0.6 is 11.6 Å². The average Bonchev–Trinajstić information content (AvgIpc) is 2.53. The van der Waals surface area contributed by atoms with Crippen LogP contribution in [-0.4, -0.2) is 18.5 Å². The summed E-state index contributed by atoms with van der Waals surface area (Å²) in [5.41, 5.74) is 2.09. The molecule has 0 radical (unpaired) electrons. The van der Waals surface area contributed by atoms with Crippen molar-refractivity contribution >= 4 is 29.2 Å². The number of carbonyl (C=O) groups excluding carboxylic acids is 2. The fourth-order valence-electron chi connectivity index (χ4n) is 1.98. The van der Waals surface area contributed by atoms with Crippen LogP contribution in [0.5, 0.6) is 0 Å². The molecular weight excluding hydrogens is 314 g/mol. The highest BCUT2D eigenvalue weighted by Gasteiger charge is 2.13. The van der Waals surface area contributed by atoms with Gasteiger partial charge in [0.05, 0.1) is 10.6 Å². The highest BCUT2D eigenvalue weighted by Crippen LogP contribution is 2.18. The quantitative estimate of drug-likeness (QED) is 0.833. The van der Waals surface area contributed by atoms with E-state index in [1.54, 1.807) is 24.3 Å². The van der Waals surface area contributed by atoms with E-state index in [1.165, 1.54) is 5.56 Å². The van der Waals surface area contributed by atoms with Crippen molar-refractivity contribution in [3.05, 3.63) is 64.7 Å². The van der Waals surface area contributed by atoms with Gasteiger partial charge in [-0.1, -0.05) is 49.7 Å². The zero-order chi connectivity index (χ0) is 16.8. The van der Waals surface area contributed by atoms with Gasteiger partial charge >= 0.3 is 5.97 Å². The molecule has 0 unspecified atom stereocenters. The number of amides is 1. The first-order valence-corrected chi connectivity index (χ1v) is 7.66. The minimum Gasteiger partial charge on any atom is -0.452 e. The third kappa shape index (κ3) is 4.83.